The average Bonchev–Trinajstić information content (AvgIpc) is 2.28. The number of rotatable bonds is 2. The Labute approximate surface area is 110 Å². The zero-order valence-corrected chi connectivity index (χ0v) is 10.6. The van der Waals surface area contributed by atoms with E-state index in [0.717, 1.165) is 12.2 Å². The molecule has 0 unspecified atom stereocenters. The van der Waals surface area contributed by atoms with Crippen LogP contribution in [0.3, 0.4) is 0 Å². The Morgan fingerprint density at radius 1 is 1.53 bits per heavy atom. The fraction of sp³-hybridized carbons (Fsp3) is 0.273. The highest BCUT2D eigenvalue weighted by Crippen LogP contribution is 2.27. The molecule has 1 fully saturated rings. The lowest BCUT2D eigenvalue weighted by molar-refractivity contribution is -0.120. The number of halogens is 1. The number of anilines is 1. The van der Waals surface area contributed by atoms with Gasteiger partial charge in [0.05, 0.1) is 17.1 Å². The van der Waals surface area contributed by atoms with Crippen molar-refractivity contribution >= 4 is 40.4 Å². The molecule has 1 saturated heterocycles. The molecule has 0 saturated carbocycles. The summed E-state index contributed by atoms with van der Waals surface area (Å²) in [6.45, 7) is 1.64. The maximum absolute atomic E-state index is 11.4. The summed E-state index contributed by atoms with van der Waals surface area (Å²) < 4.78 is 0. The van der Waals surface area contributed by atoms with Crippen LogP contribution < -0.4 is 16.0 Å². The number of carbonyl (C=O) groups excluding carboxylic acids is 1. The zero-order valence-electron chi connectivity index (χ0n) is 9.07. The van der Waals surface area contributed by atoms with Crippen LogP contribution in [0.5, 0.6) is 0 Å². The third kappa shape index (κ3) is 2.50. The van der Waals surface area contributed by atoms with Gasteiger partial charge in [-0.15, -0.1) is 0 Å². The Morgan fingerprint density at radius 3 is 2.94 bits per heavy atom. The average molecular weight is 270 g/mol. The lowest BCUT2D eigenvalue weighted by Gasteiger charge is -2.30. The predicted octanol–water partition coefficient (Wildman–Crippen LogP) is 0.910. The van der Waals surface area contributed by atoms with Crippen LogP contribution in [0.25, 0.3) is 0 Å². The van der Waals surface area contributed by atoms with Crippen molar-refractivity contribution < 1.29 is 4.79 Å². The highest BCUT2D eigenvalue weighted by Gasteiger charge is 2.20. The maximum Gasteiger partial charge on any atom is 0.239 e. The molecule has 90 valence electrons. The molecule has 1 aromatic carbocycles. The number of benzene rings is 1. The fourth-order valence-electron chi connectivity index (χ4n) is 1.86. The first-order valence-electron chi connectivity index (χ1n) is 5.19. The molecule has 1 aliphatic rings. The fourth-order valence-corrected chi connectivity index (χ4v) is 2.41. The van der Waals surface area contributed by atoms with Gasteiger partial charge in [0.25, 0.3) is 0 Å². The second-order valence-electron chi connectivity index (χ2n) is 3.77. The van der Waals surface area contributed by atoms with Crippen molar-refractivity contribution in [1.29, 1.82) is 0 Å². The number of amides is 1. The van der Waals surface area contributed by atoms with E-state index < -0.39 is 0 Å². The van der Waals surface area contributed by atoms with Gasteiger partial charge < -0.3 is 16.0 Å². The molecule has 0 atom stereocenters. The van der Waals surface area contributed by atoms with Gasteiger partial charge in [0.1, 0.15) is 4.99 Å². The Kier molecular flexibility index (Phi) is 3.49. The van der Waals surface area contributed by atoms with E-state index >= 15 is 0 Å². The van der Waals surface area contributed by atoms with Crippen molar-refractivity contribution in [1.82, 2.24) is 5.32 Å². The number of carbonyl (C=O) groups is 1. The first kappa shape index (κ1) is 12.1. The topological polar surface area (TPSA) is 58.4 Å². The predicted molar refractivity (Wildman–Crippen MR) is 72.6 cm³/mol. The van der Waals surface area contributed by atoms with Crippen molar-refractivity contribution in [2.24, 2.45) is 5.73 Å². The van der Waals surface area contributed by atoms with Crippen molar-refractivity contribution in [3.8, 4) is 0 Å². The van der Waals surface area contributed by atoms with Gasteiger partial charge in [-0.3, -0.25) is 4.79 Å². The first-order chi connectivity index (χ1) is 8.09. The summed E-state index contributed by atoms with van der Waals surface area (Å²) in [5.74, 6) is -0.00915. The second-order valence-corrected chi connectivity index (χ2v) is 4.62. The quantitative estimate of drug-likeness (QED) is 0.784. The number of piperazine rings is 1. The van der Waals surface area contributed by atoms with Gasteiger partial charge in [-0.2, -0.15) is 0 Å². The van der Waals surface area contributed by atoms with Gasteiger partial charge >= 0.3 is 0 Å². The number of thiocarbonyl (C=S) groups is 1. The van der Waals surface area contributed by atoms with Crippen LogP contribution in [0, 0.1) is 0 Å². The highest BCUT2D eigenvalue weighted by atomic mass is 35.5. The summed E-state index contributed by atoms with van der Waals surface area (Å²) >= 11 is 11.1. The molecule has 1 amide bonds. The van der Waals surface area contributed by atoms with Gasteiger partial charge in [0.2, 0.25) is 5.91 Å². The van der Waals surface area contributed by atoms with E-state index in [2.05, 4.69) is 5.32 Å². The number of nitrogens with one attached hydrogen (secondary N) is 1. The van der Waals surface area contributed by atoms with E-state index in [1.165, 1.54) is 0 Å². The number of hydrogen-bond acceptors (Lipinski definition) is 3. The summed E-state index contributed by atoms with van der Waals surface area (Å²) in [7, 11) is 0. The normalized spacial score (nSPS) is 15.6. The Bertz CT molecular complexity index is 478. The molecule has 0 spiro atoms. The summed E-state index contributed by atoms with van der Waals surface area (Å²) in [5.41, 5.74) is 7.13. The molecular weight excluding hydrogens is 258 g/mol. The molecule has 17 heavy (non-hydrogen) atoms. The van der Waals surface area contributed by atoms with Gasteiger partial charge in [-0.1, -0.05) is 29.9 Å². The lowest BCUT2D eigenvalue weighted by atomic mass is 10.1. The van der Waals surface area contributed by atoms with Crippen LogP contribution in [0.15, 0.2) is 18.2 Å². The minimum absolute atomic E-state index is 0.00915. The SMILES string of the molecule is NC(=S)c1c(Cl)cccc1N1CCNC(=O)C1. The van der Waals surface area contributed by atoms with E-state index in [0.29, 0.717) is 23.7 Å². The number of nitrogens with two attached hydrogens (primary N) is 1. The van der Waals surface area contributed by atoms with Crippen molar-refractivity contribution in [2.45, 2.75) is 0 Å². The number of nitrogens with zero attached hydrogens (tertiary/aromatic N) is 1. The van der Waals surface area contributed by atoms with Gasteiger partial charge in [0, 0.05) is 18.8 Å². The molecule has 6 heteroatoms. The second kappa shape index (κ2) is 4.89. The van der Waals surface area contributed by atoms with E-state index in [1.807, 2.05) is 17.0 Å². The summed E-state index contributed by atoms with van der Waals surface area (Å²) in [6.07, 6.45) is 0. The van der Waals surface area contributed by atoms with E-state index in [4.69, 9.17) is 29.6 Å². The smallest absolute Gasteiger partial charge is 0.239 e. The molecule has 0 radical (unpaired) electrons. The van der Waals surface area contributed by atoms with Crippen molar-refractivity contribution in [3.63, 3.8) is 0 Å². The molecule has 1 heterocycles. The number of hydrogen-bond donors (Lipinski definition) is 2. The minimum Gasteiger partial charge on any atom is -0.389 e. The van der Waals surface area contributed by atoms with Crippen molar-refractivity contribution in [3.05, 3.63) is 28.8 Å². The highest BCUT2D eigenvalue weighted by molar-refractivity contribution is 7.80. The molecule has 2 rings (SSSR count). The molecule has 1 aromatic rings. The van der Waals surface area contributed by atoms with Crippen LogP contribution in [-0.4, -0.2) is 30.5 Å². The summed E-state index contributed by atoms with van der Waals surface area (Å²) in [6, 6.07) is 5.44. The monoisotopic (exact) mass is 269 g/mol. The molecule has 0 aromatic heterocycles. The summed E-state index contributed by atoms with van der Waals surface area (Å²) in [5, 5.41) is 3.28. The molecule has 1 aliphatic heterocycles. The first-order valence-corrected chi connectivity index (χ1v) is 5.98. The Balaban J connectivity index is 2.40. The van der Waals surface area contributed by atoms with E-state index in [-0.39, 0.29) is 10.9 Å². The van der Waals surface area contributed by atoms with E-state index in [9.17, 15) is 4.79 Å². The molecule has 4 nitrogen and oxygen atoms in total. The van der Waals surface area contributed by atoms with Crippen LogP contribution in [-0.2, 0) is 4.79 Å². The standard InChI is InChI=1S/C11H12ClN3OS/c12-7-2-1-3-8(10(7)11(13)17)15-5-4-14-9(16)6-15/h1-3H,4-6H2,(H2,13,17)(H,14,16). The molecule has 0 bridgehead atoms. The van der Waals surface area contributed by atoms with Crippen LogP contribution in [0.4, 0.5) is 5.69 Å². The zero-order chi connectivity index (χ0) is 12.4. The Hall–Kier alpha value is -1.33. The third-order valence-corrected chi connectivity index (χ3v) is 3.14. The van der Waals surface area contributed by atoms with Crippen LogP contribution >= 0.6 is 23.8 Å². The van der Waals surface area contributed by atoms with E-state index in [1.54, 1.807) is 6.07 Å². The van der Waals surface area contributed by atoms with Gasteiger partial charge in [-0.05, 0) is 12.1 Å². The Morgan fingerprint density at radius 2 is 2.29 bits per heavy atom. The van der Waals surface area contributed by atoms with Gasteiger partial charge in [-0.25, -0.2) is 0 Å². The van der Waals surface area contributed by atoms with Crippen LogP contribution in [0.1, 0.15) is 5.56 Å². The molecule has 0 aliphatic carbocycles. The van der Waals surface area contributed by atoms with Crippen molar-refractivity contribution in [2.75, 3.05) is 24.5 Å². The van der Waals surface area contributed by atoms with Gasteiger partial charge in [0.15, 0.2) is 0 Å². The molecular formula is C11H12ClN3OS. The maximum atomic E-state index is 11.4. The lowest BCUT2D eigenvalue weighted by Crippen LogP contribution is -2.48. The minimum atomic E-state index is -0.00915. The molecule has 3 N–H and O–H groups in total. The largest absolute Gasteiger partial charge is 0.389 e. The third-order valence-electron chi connectivity index (χ3n) is 2.62. The summed E-state index contributed by atoms with van der Waals surface area (Å²) in [4.78, 5) is 13.5. The van der Waals surface area contributed by atoms with Crippen LogP contribution in [0.2, 0.25) is 5.02 Å².